The van der Waals surface area contributed by atoms with Crippen molar-refractivity contribution in [1.82, 2.24) is 25.0 Å². The van der Waals surface area contributed by atoms with Gasteiger partial charge in [-0.1, -0.05) is 0 Å². The van der Waals surface area contributed by atoms with Crippen molar-refractivity contribution in [1.29, 1.82) is 0 Å². The molecule has 2 aromatic heterocycles. The van der Waals surface area contributed by atoms with E-state index in [-0.39, 0.29) is 11.9 Å². The first kappa shape index (κ1) is 15.9. The zero-order valence-corrected chi connectivity index (χ0v) is 13.7. The molecule has 1 aliphatic rings. The highest BCUT2D eigenvalue weighted by Crippen LogP contribution is 2.21. The van der Waals surface area contributed by atoms with E-state index < -0.39 is 0 Å². The Morgan fingerprint density at radius 2 is 2.22 bits per heavy atom. The van der Waals surface area contributed by atoms with Crippen molar-refractivity contribution in [2.75, 3.05) is 20.7 Å². The number of rotatable bonds is 5. The number of nitrogens with zero attached hydrogens (tertiary/aromatic N) is 4. The van der Waals surface area contributed by atoms with Crippen LogP contribution < -0.4 is 10.1 Å². The van der Waals surface area contributed by atoms with Gasteiger partial charge in [0.2, 0.25) is 5.88 Å². The lowest BCUT2D eigenvalue weighted by Crippen LogP contribution is -2.31. The van der Waals surface area contributed by atoms with Gasteiger partial charge in [-0.05, 0) is 14.0 Å². The van der Waals surface area contributed by atoms with Crippen LogP contribution in [-0.4, -0.2) is 40.4 Å². The van der Waals surface area contributed by atoms with Crippen molar-refractivity contribution in [2.24, 2.45) is 0 Å². The van der Waals surface area contributed by atoms with Crippen LogP contribution in [0.3, 0.4) is 0 Å². The summed E-state index contributed by atoms with van der Waals surface area (Å²) in [5.74, 6) is 0.0853. The molecule has 124 valence electrons. The molecule has 0 amide bonds. The zero-order chi connectivity index (χ0) is 16.4. The summed E-state index contributed by atoms with van der Waals surface area (Å²) >= 11 is 0. The molecule has 1 unspecified atom stereocenters. The van der Waals surface area contributed by atoms with Crippen molar-refractivity contribution in [2.45, 2.75) is 32.6 Å². The summed E-state index contributed by atoms with van der Waals surface area (Å²) in [7, 11) is 3.63. The van der Waals surface area contributed by atoms with Crippen LogP contribution in [0.2, 0.25) is 0 Å². The minimum Gasteiger partial charge on any atom is -0.481 e. The molecule has 3 heterocycles. The van der Waals surface area contributed by atoms with Gasteiger partial charge in [0.05, 0.1) is 31.7 Å². The van der Waals surface area contributed by atoms with Crippen molar-refractivity contribution >= 4 is 0 Å². The SMILES string of the molecule is COc1cc(C(C)NCc2cnn3c2CN(C)CC3)c(F)cn1. The predicted octanol–water partition coefficient (Wildman–Crippen LogP) is 1.72. The van der Waals surface area contributed by atoms with Crippen LogP contribution in [-0.2, 0) is 19.6 Å². The second-order valence-corrected chi connectivity index (χ2v) is 5.93. The highest BCUT2D eigenvalue weighted by Gasteiger charge is 2.19. The highest BCUT2D eigenvalue weighted by molar-refractivity contribution is 5.25. The smallest absolute Gasteiger partial charge is 0.213 e. The fourth-order valence-electron chi connectivity index (χ4n) is 2.82. The van der Waals surface area contributed by atoms with Gasteiger partial charge >= 0.3 is 0 Å². The van der Waals surface area contributed by atoms with Crippen molar-refractivity contribution in [3.8, 4) is 5.88 Å². The van der Waals surface area contributed by atoms with Gasteiger partial charge in [-0.15, -0.1) is 0 Å². The summed E-state index contributed by atoms with van der Waals surface area (Å²) in [6, 6.07) is 1.48. The van der Waals surface area contributed by atoms with Gasteiger partial charge in [-0.3, -0.25) is 9.58 Å². The quantitative estimate of drug-likeness (QED) is 0.909. The lowest BCUT2D eigenvalue weighted by Gasteiger charge is -2.24. The maximum absolute atomic E-state index is 14.0. The van der Waals surface area contributed by atoms with E-state index in [2.05, 4.69) is 32.0 Å². The summed E-state index contributed by atoms with van der Waals surface area (Å²) in [6.45, 7) is 5.40. The van der Waals surface area contributed by atoms with E-state index in [1.54, 1.807) is 6.07 Å². The van der Waals surface area contributed by atoms with Gasteiger partial charge in [-0.25, -0.2) is 9.37 Å². The van der Waals surface area contributed by atoms with Gasteiger partial charge in [-0.2, -0.15) is 5.10 Å². The molecule has 0 fully saturated rings. The molecule has 3 rings (SSSR count). The van der Waals surface area contributed by atoms with Gasteiger partial charge in [0.15, 0.2) is 0 Å². The maximum atomic E-state index is 14.0. The number of fused-ring (bicyclic) bond motifs is 1. The second-order valence-electron chi connectivity index (χ2n) is 5.93. The molecular weight excluding hydrogens is 297 g/mol. The normalized spacial score (nSPS) is 16.2. The standard InChI is InChI=1S/C16H22FN5O/c1-11(13-6-16(23-3)19-9-14(13)17)18-7-12-8-20-22-5-4-21(2)10-15(12)22/h6,8-9,11,18H,4-5,7,10H2,1-3H3. The fraction of sp³-hybridized carbons (Fsp3) is 0.500. The minimum atomic E-state index is -0.331. The largest absolute Gasteiger partial charge is 0.481 e. The topological polar surface area (TPSA) is 55.2 Å². The van der Waals surface area contributed by atoms with Gasteiger partial charge in [0.1, 0.15) is 5.82 Å². The zero-order valence-electron chi connectivity index (χ0n) is 13.7. The number of hydrogen-bond acceptors (Lipinski definition) is 5. The van der Waals surface area contributed by atoms with E-state index in [4.69, 9.17) is 4.74 Å². The molecular formula is C16H22FN5O. The number of hydrogen-bond donors (Lipinski definition) is 1. The maximum Gasteiger partial charge on any atom is 0.213 e. The first-order valence-corrected chi connectivity index (χ1v) is 7.73. The van der Waals surface area contributed by atoms with E-state index in [1.165, 1.54) is 19.0 Å². The van der Waals surface area contributed by atoms with Gasteiger partial charge in [0, 0.05) is 42.9 Å². The molecule has 7 heteroatoms. The van der Waals surface area contributed by atoms with Crippen LogP contribution in [0.15, 0.2) is 18.5 Å². The number of likely N-dealkylation sites (N-methyl/N-ethyl adjacent to an activating group) is 1. The lowest BCUT2D eigenvalue weighted by molar-refractivity contribution is 0.257. The first-order chi connectivity index (χ1) is 11.1. The van der Waals surface area contributed by atoms with E-state index in [9.17, 15) is 4.39 Å². The summed E-state index contributed by atoms with van der Waals surface area (Å²) in [6.07, 6.45) is 3.10. The average molecular weight is 319 g/mol. The number of ether oxygens (including phenoxy) is 1. The van der Waals surface area contributed by atoms with E-state index >= 15 is 0 Å². The number of halogens is 1. The molecule has 0 aliphatic carbocycles. The van der Waals surface area contributed by atoms with E-state index in [0.29, 0.717) is 18.0 Å². The molecule has 0 saturated carbocycles. The number of pyridine rings is 1. The summed E-state index contributed by atoms with van der Waals surface area (Å²) in [4.78, 5) is 6.15. The monoisotopic (exact) mass is 319 g/mol. The third-order valence-corrected chi connectivity index (χ3v) is 4.28. The Morgan fingerprint density at radius 1 is 1.39 bits per heavy atom. The third kappa shape index (κ3) is 3.35. The molecule has 0 bridgehead atoms. The lowest BCUT2D eigenvalue weighted by atomic mass is 10.1. The molecule has 1 aliphatic heterocycles. The van der Waals surface area contributed by atoms with Crippen LogP contribution in [0.1, 0.15) is 29.8 Å². The molecule has 0 saturated heterocycles. The number of nitrogens with one attached hydrogen (secondary N) is 1. The van der Waals surface area contributed by atoms with Gasteiger partial charge in [0.25, 0.3) is 0 Å². The van der Waals surface area contributed by atoms with Crippen LogP contribution >= 0.6 is 0 Å². The third-order valence-electron chi connectivity index (χ3n) is 4.28. The molecule has 6 nitrogen and oxygen atoms in total. The Labute approximate surface area is 135 Å². The summed E-state index contributed by atoms with van der Waals surface area (Å²) in [5.41, 5.74) is 2.94. The van der Waals surface area contributed by atoms with Crippen LogP contribution in [0.5, 0.6) is 5.88 Å². The van der Waals surface area contributed by atoms with Crippen molar-refractivity contribution < 1.29 is 9.13 Å². The Bertz CT molecular complexity index is 687. The summed E-state index contributed by atoms with van der Waals surface area (Å²) in [5, 5.41) is 7.80. The van der Waals surface area contributed by atoms with Crippen LogP contribution in [0.25, 0.3) is 0 Å². The Balaban J connectivity index is 1.70. The molecule has 23 heavy (non-hydrogen) atoms. The van der Waals surface area contributed by atoms with E-state index in [0.717, 1.165) is 25.2 Å². The molecule has 1 N–H and O–H groups in total. The molecule has 2 aromatic rings. The van der Waals surface area contributed by atoms with Crippen molar-refractivity contribution in [3.63, 3.8) is 0 Å². The number of aromatic nitrogens is 3. The van der Waals surface area contributed by atoms with E-state index in [1.807, 2.05) is 13.1 Å². The Hall–Kier alpha value is -1.99. The molecule has 0 spiro atoms. The van der Waals surface area contributed by atoms with Crippen LogP contribution in [0, 0.1) is 5.82 Å². The predicted molar refractivity (Wildman–Crippen MR) is 84.6 cm³/mol. The summed E-state index contributed by atoms with van der Waals surface area (Å²) < 4.78 is 21.1. The highest BCUT2D eigenvalue weighted by atomic mass is 19.1. The molecule has 0 radical (unpaired) electrons. The second kappa shape index (κ2) is 6.64. The fourth-order valence-corrected chi connectivity index (χ4v) is 2.82. The first-order valence-electron chi connectivity index (χ1n) is 7.73. The Morgan fingerprint density at radius 3 is 3.00 bits per heavy atom. The minimum absolute atomic E-state index is 0.149. The Kier molecular flexibility index (Phi) is 4.58. The van der Waals surface area contributed by atoms with Crippen LogP contribution in [0.4, 0.5) is 4.39 Å². The van der Waals surface area contributed by atoms with Gasteiger partial charge < -0.3 is 10.1 Å². The number of methoxy groups -OCH3 is 1. The average Bonchev–Trinajstić information content (AvgIpc) is 2.95. The molecule has 1 atom stereocenters. The molecule has 0 aromatic carbocycles. The van der Waals surface area contributed by atoms with Crippen molar-refractivity contribution in [3.05, 3.63) is 41.1 Å².